The van der Waals surface area contributed by atoms with Gasteiger partial charge in [0.2, 0.25) is 0 Å². The van der Waals surface area contributed by atoms with E-state index in [0.29, 0.717) is 6.54 Å². The van der Waals surface area contributed by atoms with Crippen LogP contribution < -0.4 is 14.8 Å². The molecule has 0 radical (unpaired) electrons. The Bertz CT molecular complexity index is 873. The Kier molecular flexibility index (Phi) is 5.09. The zero-order valence-electron chi connectivity index (χ0n) is 15.8. The molecule has 0 atom stereocenters. The molecule has 0 saturated heterocycles. The molecule has 3 aliphatic rings. The maximum atomic E-state index is 6.21. The van der Waals surface area contributed by atoms with E-state index in [4.69, 9.17) is 9.47 Å². The highest BCUT2D eigenvalue weighted by atomic mass is 16.5. The smallest absolute Gasteiger partial charge is 0.165 e. The first-order valence-corrected chi connectivity index (χ1v) is 9.51. The lowest BCUT2D eigenvalue weighted by Gasteiger charge is -2.18. The van der Waals surface area contributed by atoms with Crippen molar-refractivity contribution in [3.63, 3.8) is 0 Å². The van der Waals surface area contributed by atoms with Crippen LogP contribution in [0.5, 0.6) is 11.5 Å². The molecule has 0 spiro atoms. The van der Waals surface area contributed by atoms with Crippen LogP contribution in [0.15, 0.2) is 30.9 Å². The molecule has 7 nitrogen and oxygen atoms in total. The molecular formula is C20H25N5O2. The zero-order valence-corrected chi connectivity index (χ0v) is 15.8. The Morgan fingerprint density at radius 1 is 1.15 bits per heavy atom. The molecule has 1 N–H and O–H groups in total. The highest BCUT2D eigenvalue weighted by Crippen LogP contribution is 2.33. The van der Waals surface area contributed by atoms with Gasteiger partial charge in [0, 0.05) is 6.54 Å². The Morgan fingerprint density at radius 2 is 2.00 bits per heavy atom. The van der Waals surface area contributed by atoms with Gasteiger partial charge in [-0.1, -0.05) is 6.07 Å². The van der Waals surface area contributed by atoms with E-state index in [-0.39, 0.29) is 6.10 Å². The van der Waals surface area contributed by atoms with Crippen LogP contribution in [0.25, 0.3) is 11.5 Å². The highest BCUT2D eigenvalue weighted by molar-refractivity contribution is 5.66. The van der Waals surface area contributed by atoms with E-state index in [2.05, 4.69) is 26.3 Å². The van der Waals surface area contributed by atoms with Crippen LogP contribution in [0.2, 0.25) is 0 Å². The molecule has 7 heteroatoms. The number of hydrogen-bond acceptors (Lipinski definition) is 6. The number of rotatable bonds is 7. The van der Waals surface area contributed by atoms with Gasteiger partial charge in [-0.3, -0.25) is 0 Å². The number of benzene rings is 1. The van der Waals surface area contributed by atoms with Gasteiger partial charge >= 0.3 is 0 Å². The van der Waals surface area contributed by atoms with Crippen LogP contribution >= 0.6 is 0 Å². The molecule has 0 amide bonds. The van der Waals surface area contributed by atoms with Gasteiger partial charge in [-0.15, -0.1) is 0 Å². The summed E-state index contributed by atoms with van der Waals surface area (Å²) in [7, 11) is 1.68. The van der Waals surface area contributed by atoms with Crippen LogP contribution in [-0.4, -0.2) is 39.3 Å². The molecule has 4 rings (SSSR count). The molecule has 0 aromatic heterocycles. The molecule has 2 aliphatic heterocycles. The third kappa shape index (κ3) is 3.67. The van der Waals surface area contributed by atoms with Crippen molar-refractivity contribution < 1.29 is 9.47 Å². The lowest BCUT2D eigenvalue weighted by atomic mass is 10.2. The number of nitrogens with one attached hydrogen (secondary N) is 1. The average molecular weight is 367 g/mol. The zero-order chi connectivity index (χ0) is 18.6. The predicted octanol–water partition coefficient (Wildman–Crippen LogP) is 3.59. The summed E-state index contributed by atoms with van der Waals surface area (Å²) in [5.74, 6) is 3.16. The van der Waals surface area contributed by atoms with Gasteiger partial charge < -0.3 is 19.4 Å². The van der Waals surface area contributed by atoms with Crippen molar-refractivity contribution in [2.45, 2.75) is 45.3 Å². The van der Waals surface area contributed by atoms with E-state index >= 15 is 0 Å². The van der Waals surface area contributed by atoms with Gasteiger partial charge in [0.15, 0.2) is 28.8 Å². The summed E-state index contributed by atoms with van der Waals surface area (Å²) < 4.78 is 13.7. The predicted molar refractivity (Wildman–Crippen MR) is 104 cm³/mol. The van der Waals surface area contributed by atoms with E-state index in [9.17, 15) is 0 Å². The Balaban J connectivity index is 1.60. The second kappa shape index (κ2) is 7.82. The Morgan fingerprint density at radius 3 is 2.78 bits per heavy atom. The fraction of sp³-hybridized carbons (Fsp3) is 0.450. The van der Waals surface area contributed by atoms with Crippen molar-refractivity contribution >= 4 is 5.82 Å². The van der Waals surface area contributed by atoms with Crippen molar-refractivity contribution in [3.8, 4) is 23.0 Å². The highest BCUT2D eigenvalue weighted by Gasteiger charge is 2.20. The summed E-state index contributed by atoms with van der Waals surface area (Å²) in [4.78, 5) is 13.3. The van der Waals surface area contributed by atoms with Gasteiger partial charge in [-0.2, -0.15) is 0 Å². The largest absolute Gasteiger partial charge is 0.493 e. The molecule has 1 aliphatic carbocycles. The molecule has 2 heterocycles. The molecule has 142 valence electrons. The number of fused-ring (bicyclic) bond motifs is 1. The van der Waals surface area contributed by atoms with Crippen molar-refractivity contribution in [2.75, 3.05) is 19.0 Å². The van der Waals surface area contributed by atoms with E-state index in [1.54, 1.807) is 19.8 Å². The third-order valence-corrected chi connectivity index (χ3v) is 4.92. The van der Waals surface area contributed by atoms with Gasteiger partial charge in [-0.25, -0.2) is 15.0 Å². The minimum atomic E-state index is 0.288. The fourth-order valence-electron chi connectivity index (χ4n) is 3.59. The number of aromatic nitrogens is 4. The van der Waals surface area contributed by atoms with Crippen LogP contribution in [0.3, 0.4) is 0 Å². The standard InChI is InChI=1S/C20H25N5O2/c1-3-21-19-18-20(23-12-22-18)25(13-24-19)11-14-8-9-16(26-2)17(10-14)27-15-6-4-5-7-15/h8-10,12-13,15,21H,3-7,11H2,1-2H3. The van der Waals surface area contributed by atoms with Gasteiger partial charge in [0.05, 0.1) is 26.1 Å². The molecule has 0 bridgehead atoms. The lowest BCUT2D eigenvalue weighted by Crippen LogP contribution is -2.13. The molecule has 27 heavy (non-hydrogen) atoms. The maximum absolute atomic E-state index is 6.21. The second-order valence-corrected chi connectivity index (χ2v) is 6.81. The van der Waals surface area contributed by atoms with Gasteiger partial charge in [0.1, 0.15) is 6.33 Å². The Labute approximate surface area is 159 Å². The van der Waals surface area contributed by atoms with Crippen molar-refractivity contribution in [1.29, 1.82) is 0 Å². The van der Waals surface area contributed by atoms with Gasteiger partial charge in [0.25, 0.3) is 0 Å². The number of ether oxygens (including phenoxy) is 2. The Hall–Kier alpha value is -2.83. The van der Waals surface area contributed by atoms with Crippen LogP contribution in [0.4, 0.5) is 5.82 Å². The average Bonchev–Trinajstić information content (AvgIpc) is 3.36. The van der Waals surface area contributed by atoms with E-state index in [1.165, 1.54) is 12.8 Å². The van der Waals surface area contributed by atoms with Gasteiger partial charge in [-0.05, 0) is 50.3 Å². The van der Waals surface area contributed by atoms with Crippen molar-refractivity contribution in [1.82, 2.24) is 19.5 Å². The SMILES string of the molecule is CCNc1ncn(Cc2ccc(OC)c(OC3CCCC3)c2)c2ncnc1-2. The van der Waals surface area contributed by atoms with Crippen LogP contribution in [0, 0.1) is 0 Å². The minimum absolute atomic E-state index is 0.288. The summed E-state index contributed by atoms with van der Waals surface area (Å²) in [6.07, 6.45) is 8.36. The molecule has 1 aromatic carbocycles. The fourth-order valence-corrected chi connectivity index (χ4v) is 3.59. The third-order valence-electron chi connectivity index (χ3n) is 4.92. The van der Waals surface area contributed by atoms with E-state index in [0.717, 1.165) is 53.8 Å². The summed E-state index contributed by atoms with van der Waals surface area (Å²) >= 11 is 0. The molecule has 1 fully saturated rings. The molecular weight excluding hydrogens is 342 g/mol. The molecule has 1 aromatic rings. The number of hydrogen-bond donors (Lipinski definition) is 1. The van der Waals surface area contributed by atoms with Crippen LogP contribution in [0.1, 0.15) is 38.2 Å². The summed E-state index contributed by atoms with van der Waals surface area (Å²) in [6.45, 7) is 3.47. The normalized spacial score (nSPS) is 14.6. The summed E-state index contributed by atoms with van der Waals surface area (Å²) in [5, 5.41) is 3.23. The number of nitrogens with zero attached hydrogens (tertiary/aromatic N) is 4. The minimum Gasteiger partial charge on any atom is -0.493 e. The maximum Gasteiger partial charge on any atom is 0.165 e. The quantitative estimate of drug-likeness (QED) is 0.688. The topological polar surface area (TPSA) is 74.1 Å². The van der Waals surface area contributed by atoms with Crippen molar-refractivity contribution in [3.05, 3.63) is 36.4 Å². The van der Waals surface area contributed by atoms with Crippen molar-refractivity contribution in [2.24, 2.45) is 0 Å². The molecule has 0 unspecified atom stereocenters. The first-order valence-electron chi connectivity index (χ1n) is 9.51. The van der Waals surface area contributed by atoms with E-state index < -0.39 is 0 Å². The number of anilines is 1. The first-order chi connectivity index (χ1) is 13.3. The number of methoxy groups -OCH3 is 1. The monoisotopic (exact) mass is 367 g/mol. The van der Waals surface area contributed by atoms with E-state index in [1.807, 2.05) is 23.6 Å². The lowest BCUT2D eigenvalue weighted by molar-refractivity contribution is 0.200. The molecule has 1 saturated carbocycles. The van der Waals surface area contributed by atoms with Crippen LogP contribution in [-0.2, 0) is 6.54 Å². The summed E-state index contributed by atoms with van der Waals surface area (Å²) in [5.41, 5.74) is 1.89. The second-order valence-electron chi connectivity index (χ2n) is 6.81. The first kappa shape index (κ1) is 17.6. The number of imidazole rings is 1. The summed E-state index contributed by atoms with van der Waals surface area (Å²) in [6, 6.07) is 6.08.